The number of rotatable bonds is 4. The van der Waals surface area contributed by atoms with Crippen molar-refractivity contribution in [2.75, 3.05) is 0 Å². The molecule has 4 atom stereocenters. The molecule has 1 heterocycles. The van der Waals surface area contributed by atoms with Crippen LogP contribution in [0.2, 0.25) is 18.1 Å². The summed E-state index contributed by atoms with van der Waals surface area (Å²) in [7, 11) is -2.23. The third kappa shape index (κ3) is 5.60. The van der Waals surface area contributed by atoms with Gasteiger partial charge in [0, 0.05) is 17.4 Å². The molecular weight excluding hydrogens is 357 g/mol. The maximum Gasteiger partial charge on any atom is 0.471 e. The van der Waals surface area contributed by atoms with Crippen LogP contribution in [0.25, 0.3) is 10.4 Å². The van der Waals surface area contributed by atoms with Crippen LogP contribution in [0.3, 0.4) is 0 Å². The molecule has 25 heavy (non-hydrogen) atoms. The molecule has 0 aromatic rings. The third-order valence-corrected chi connectivity index (χ3v) is 9.16. The SMILES string of the molecule is CC1OC(O[Si](C)(C)C(C)(C)C)CC(NC(=O)C(F)(F)F)C1N=[N+]=[N-]. The van der Waals surface area contributed by atoms with Gasteiger partial charge in [0.05, 0.1) is 12.1 Å². The van der Waals surface area contributed by atoms with Gasteiger partial charge in [-0.25, -0.2) is 0 Å². The fraction of sp³-hybridized carbons (Fsp3) is 0.929. The fourth-order valence-electron chi connectivity index (χ4n) is 2.26. The summed E-state index contributed by atoms with van der Waals surface area (Å²) in [5, 5.41) is 5.28. The Morgan fingerprint density at radius 1 is 1.36 bits per heavy atom. The highest BCUT2D eigenvalue weighted by Crippen LogP contribution is 2.39. The molecule has 0 bridgehead atoms. The molecule has 0 saturated carbocycles. The van der Waals surface area contributed by atoms with Gasteiger partial charge in [0.2, 0.25) is 0 Å². The average Bonchev–Trinajstić information content (AvgIpc) is 2.39. The van der Waals surface area contributed by atoms with Crippen molar-refractivity contribution in [3.05, 3.63) is 10.4 Å². The van der Waals surface area contributed by atoms with Crippen molar-refractivity contribution >= 4 is 14.2 Å². The van der Waals surface area contributed by atoms with Crippen molar-refractivity contribution in [2.24, 2.45) is 5.11 Å². The molecule has 144 valence electrons. The first-order chi connectivity index (χ1) is 11.2. The van der Waals surface area contributed by atoms with Crippen LogP contribution in [-0.4, -0.2) is 44.9 Å². The maximum atomic E-state index is 12.6. The zero-order valence-electron chi connectivity index (χ0n) is 15.2. The molecule has 7 nitrogen and oxygen atoms in total. The van der Waals surface area contributed by atoms with Gasteiger partial charge in [0.1, 0.15) is 6.29 Å². The van der Waals surface area contributed by atoms with E-state index in [4.69, 9.17) is 14.7 Å². The van der Waals surface area contributed by atoms with E-state index < -0.39 is 44.9 Å². The highest BCUT2D eigenvalue weighted by molar-refractivity contribution is 6.74. The molecule has 1 N–H and O–H groups in total. The molecular formula is C14H25F3N4O3Si. The summed E-state index contributed by atoms with van der Waals surface area (Å²) in [6, 6.07) is -1.97. The number of ether oxygens (including phenoxy) is 1. The predicted molar refractivity (Wildman–Crippen MR) is 88.2 cm³/mol. The lowest BCUT2D eigenvalue weighted by molar-refractivity contribution is -0.182. The summed E-state index contributed by atoms with van der Waals surface area (Å²) in [5.74, 6) is -2.07. The minimum absolute atomic E-state index is 0.0254. The average molecular weight is 382 g/mol. The molecule has 1 rings (SSSR count). The van der Waals surface area contributed by atoms with Gasteiger partial charge in [-0.1, -0.05) is 25.9 Å². The van der Waals surface area contributed by atoms with E-state index >= 15 is 0 Å². The van der Waals surface area contributed by atoms with Gasteiger partial charge < -0.3 is 14.5 Å². The van der Waals surface area contributed by atoms with Gasteiger partial charge in [-0.3, -0.25) is 4.79 Å². The zero-order valence-corrected chi connectivity index (χ0v) is 16.2. The number of carbonyl (C=O) groups excluding carboxylic acids is 1. The van der Waals surface area contributed by atoms with Crippen molar-refractivity contribution in [2.45, 2.75) is 82.9 Å². The molecule has 0 aromatic heterocycles. The van der Waals surface area contributed by atoms with Gasteiger partial charge in [-0.05, 0) is 30.6 Å². The minimum Gasteiger partial charge on any atom is -0.392 e. The predicted octanol–water partition coefficient (Wildman–Crippen LogP) is 3.87. The van der Waals surface area contributed by atoms with Crippen LogP contribution in [0.4, 0.5) is 13.2 Å². The molecule has 0 aromatic carbocycles. The van der Waals surface area contributed by atoms with E-state index in [1.54, 1.807) is 6.92 Å². The van der Waals surface area contributed by atoms with Crippen LogP contribution in [0.15, 0.2) is 5.11 Å². The van der Waals surface area contributed by atoms with Crippen LogP contribution >= 0.6 is 0 Å². The second-order valence-electron chi connectivity index (χ2n) is 7.66. The summed E-state index contributed by atoms with van der Waals surface area (Å²) in [5.41, 5.74) is 8.65. The Labute approximate surface area is 146 Å². The Bertz CT molecular complexity index is 544. The summed E-state index contributed by atoms with van der Waals surface area (Å²) < 4.78 is 49.5. The van der Waals surface area contributed by atoms with E-state index in [9.17, 15) is 18.0 Å². The molecule has 1 aliphatic rings. The molecule has 1 saturated heterocycles. The lowest BCUT2D eigenvalue weighted by Crippen LogP contribution is -2.58. The van der Waals surface area contributed by atoms with E-state index in [1.165, 1.54) is 0 Å². The second kappa shape index (κ2) is 7.53. The van der Waals surface area contributed by atoms with Gasteiger partial charge in [-0.15, -0.1) is 0 Å². The van der Waals surface area contributed by atoms with Gasteiger partial charge in [-0.2, -0.15) is 13.2 Å². The first kappa shape index (κ1) is 21.7. The molecule has 0 spiro atoms. The van der Waals surface area contributed by atoms with Gasteiger partial charge in [0.15, 0.2) is 8.32 Å². The first-order valence-corrected chi connectivity index (χ1v) is 10.8. The smallest absolute Gasteiger partial charge is 0.392 e. The van der Waals surface area contributed by atoms with Crippen LogP contribution in [0.5, 0.6) is 0 Å². The molecule has 4 unspecified atom stereocenters. The van der Waals surface area contributed by atoms with Crippen molar-refractivity contribution < 1.29 is 27.1 Å². The Morgan fingerprint density at radius 3 is 2.36 bits per heavy atom. The number of carbonyl (C=O) groups is 1. The van der Waals surface area contributed by atoms with E-state index in [2.05, 4.69) is 10.0 Å². The number of amides is 1. The lowest BCUT2D eigenvalue weighted by atomic mass is 9.97. The monoisotopic (exact) mass is 382 g/mol. The van der Waals surface area contributed by atoms with E-state index in [-0.39, 0.29) is 11.5 Å². The number of nitrogens with zero attached hydrogens (tertiary/aromatic N) is 3. The van der Waals surface area contributed by atoms with Crippen LogP contribution in [-0.2, 0) is 14.0 Å². The third-order valence-electron chi connectivity index (χ3n) is 4.70. The number of hydrogen-bond acceptors (Lipinski definition) is 4. The van der Waals surface area contributed by atoms with Crippen molar-refractivity contribution in [1.29, 1.82) is 0 Å². The molecule has 11 heteroatoms. The highest BCUT2D eigenvalue weighted by Gasteiger charge is 2.46. The summed E-state index contributed by atoms with van der Waals surface area (Å²) >= 11 is 0. The van der Waals surface area contributed by atoms with Crippen molar-refractivity contribution in [1.82, 2.24) is 5.32 Å². The van der Waals surface area contributed by atoms with Crippen LogP contribution in [0, 0.1) is 0 Å². The van der Waals surface area contributed by atoms with E-state index in [0.717, 1.165) is 0 Å². The fourth-order valence-corrected chi connectivity index (χ4v) is 3.42. The Balaban J connectivity index is 2.98. The van der Waals surface area contributed by atoms with Crippen LogP contribution in [0.1, 0.15) is 34.1 Å². The Kier molecular flexibility index (Phi) is 6.55. The topological polar surface area (TPSA) is 96.3 Å². The van der Waals surface area contributed by atoms with E-state index in [0.29, 0.717) is 0 Å². The lowest BCUT2D eigenvalue weighted by Gasteiger charge is -2.44. The van der Waals surface area contributed by atoms with Crippen molar-refractivity contribution in [3.63, 3.8) is 0 Å². The normalized spacial score (nSPS) is 28.2. The highest BCUT2D eigenvalue weighted by atomic mass is 28.4. The standard InChI is InChI=1S/C14H25F3N4O3Si/c1-8-11(20-21-18)9(19-12(22)14(15,16)17)7-10(23-8)24-25(5,6)13(2,3)4/h8-11H,7H2,1-6H3,(H,19,22). The second-order valence-corrected chi connectivity index (χ2v) is 12.4. The van der Waals surface area contributed by atoms with E-state index in [1.807, 2.05) is 39.2 Å². The van der Waals surface area contributed by atoms with Gasteiger partial charge >= 0.3 is 12.1 Å². The largest absolute Gasteiger partial charge is 0.471 e. The van der Waals surface area contributed by atoms with Crippen molar-refractivity contribution in [3.8, 4) is 0 Å². The molecule has 1 amide bonds. The Morgan fingerprint density at radius 2 is 1.92 bits per heavy atom. The molecule has 0 aliphatic carbocycles. The number of azide groups is 1. The van der Waals surface area contributed by atoms with Crippen LogP contribution < -0.4 is 5.32 Å². The quantitative estimate of drug-likeness (QED) is 0.346. The zero-order chi connectivity index (χ0) is 19.6. The first-order valence-electron chi connectivity index (χ1n) is 7.94. The minimum atomic E-state index is -5.02. The number of halogens is 3. The number of hydrogen-bond donors (Lipinski definition) is 1. The summed E-state index contributed by atoms with van der Waals surface area (Å²) in [6.45, 7) is 11.6. The van der Waals surface area contributed by atoms with Gasteiger partial charge in [0.25, 0.3) is 0 Å². The summed E-state index contributed by atoms with van der Waals surface area (Å²) in [4.78, 5) is 13.9. The molecule has 0 radical (unpaired) electrons. The molecule has 1 aliphatic heterocycles. The number of alkyl halides is 3. The summed E-state index contributed by atoms with van der Waals surface area (Å²) in [6.07, 6.45) is -6.52. The number of nitrogens with one attached hydrogen (secondary N) is 1. The Hall–Kier alpha value is -1.29. The maximum absolute atomic E-state index is 12.6. The molecule has 1 fully saturated rings.